The van der Waals surface area contributed by atoms with Crippen molar-refractivity contribution in [1.82, 2.24) is 0 Å². The van der Waals surface area contributed by atoms with Crippen molar-refractivity contribution in [3.05, 3.63) is 40.2 Å². The summed E-state index contributed by atoms with van der Waals surface area (Å²) in [7, 11) is 1.64. The van der Waals surface area contributed by atoms with Crippen LogP contribution in [0.5, 0.6) is 0 Å². The van der Waals surface area contributed by atoms with Gasteiger partial charge in [0.25, 0.3) is 0 Å². The van der Waals surface area contributed by atoms with Gasteiger partial charge in [-0.05, 0) is 19.1 Å². The molecule has 1 aliphatic rings. The first-order valence-corrected chi connectivity index (χ1v) is 6.62. The molecule has 0 amide bonds. The SMILES string of the molecule is CCOC(=O)CC1=C(O)N(C)c2cc(Cl)ccc2C1O. The first-order chi connectivity index (χ1) is 9.45. The number of anilines is 1. The van der Waals surface area contributed by atoms with Gasteiger partial charge in [0.1, 0.15) is 6.10 Å². The molecule has 2 N–H and O–H groups in total. The fourth-order valence-corrected chi connectivity index (χ4v) is 2.39. The van der Waals surface area contributed by atoms with Gasteiger partial charge in [-0.15, -0.1) is 0 Å². The van der Waals surface area contributed by atoms with Crippen molar-refractivity contribution in [3.63, 3.8) is 0 Å². The highest BCUT2D eigenvalue weighted by Crippen LogP contribution is 2.40. The average molecular weight is 298 g/mol. The highest BCUT2D eigenvalue weighted by molar-refractivity contribution is 6.30. The lowest BCUT2D eigenvalue weighted by Gasteiger charge is -2.32. The molecule has 0 saturated heterocycles. The molecule has 1 aromatic carbocycles. The average Bonchev–Trinajstić information content (AvgIpc) is 2.41. The Morgan fingerprint density at radius 1 is 1.50 bits per heavy atom. The van der Waals surface area contributed by atoms with Gasteiger partial charge >= 0.3 is 5.97 Å². The molecule has 0 radical (unpaired) electrons. The third-order valence-electron chi connectivity index (χ3n) is 3.22. The van der Waals surface area contributed by atoms with Crippen LogP contribution in [0, 0.1) is 0 Å². The van der Waals surface area contributed by atoms with Gasteiger partial charge in [-0.25, -0.2) is 0 Å². The third kappa shape index (κ3) is 2.59. The molecule has 0 bridgehead atoms. The Morgan fingerprint density at radius 2 is 2.20 bits per heavy atom. The van der Waals surface area contributed by atoms with Crippen LogP contribution in [0.25, 0.3) is 0 Å². The van der Waals surface area contributed by atoms with E-state index in [1.54, 1.807) is 32.2 Å². The van der Waals surface area contributed by atoms with E-state index in [2.05, 4.69) is 0 Å². The van der Waals surface area contributed by atoms with E-state index in [1.807, 2.05) is 0 Å². The molecule has 1 unspecified atom stereocenters. The molecule has 6 heteroatoms. The number of carbonyl (C=O) groups is 1. The van der Waals surface area contributed by atoms with Crippen molar-refractivity contribution in [2.24, 2.45) is 0 Å². The fourth-order valence-electron chi connectivity index (χ4n) is 2.22. The van der Waals surface area contributed by atoms with Crippen LogP contribution < -0.4 is 4.90 Å². The quantitative estimate of drug-likeness (QED) is 0.839. The number of halogens is 1. The van der Waals surface area contributed by atoms with Crippen molar-refractivity contribution >= 4 is 23.3 Å². The maximum absolute atomic E-state index is 11.6. The number of benzene rings is 1. The molecule has 2 rings (SSSR count). The van der Waals surface area contributed by atoms with Gasteiger partial charge in [0.2, 0.25) is 0 Å². The molecule has 1 aliphatic heterocycles. The zero-order chi connectivity index (χ0) is 14.9. The number of hydrogen-bond donors (Lipinski definition) is 2. The van der Waals surface area contributed by atoms with Crippen molar-refractivity contribution in [1.29, 1.82) is 0 Å². The molecular formula is C14H16ClNO4. The summed E-state index contributed by atoms with van der Waals surface area (Å²) in [6.07, 6.45) is -1.21. The van der Waals surface area contributed by atoms with Crippen LogP contribution in [0.1, 0.15) is 25.0 Å². The predicted molar refractivity (Wildman–Crippen MR) is 75.7 cm³/mol. The molecule has 20 heavy (non-hydrogen) atoms. The van der Waals surface area contributed by atoms with Gasteiger partial charge in [0.15, 0.2) is 5.88 Å². The zero-order valence-electron chi connectivity index (χ0n) is 11.3. The van der Waals surface area contributed by atoms with Crippen molar-refractivity contribution < 1.29 is 19.7 Å². The van der Waals surface area contributed by atoms with Gasteiger partial charge in [-0.3, -0.25) is 4.79 Å². The highest BCUT2D eigenvalue weighted by atomic mass is 35.5. The second-order valence-corrected chi connectivity index (χ2v) is 4.93. The molecule has 0 aromatic heterocycles. The molecule has 1 heterocycles. The van der Waals surface area contributed by atoms with E-state index in [9.17, 15) is 15.0 Å². The Hall–Kier alpha value is -1.72. The predicted octanol–water partition coefficient (Wildman–Crippen LogP) is 2.55. The minimum absolute atomic E-state index is 0.152. The maximum atomic E-state index is 11.6. The Labute approximate surface area is 122 Å². The number of hydrogen-bond acceptors (Lipinski definition) is 5. The van der Waals surface area contributed by atoms with E-state index in [0.717, 1.165) is 0 Å². The lowest BCUT2D eigenvalue weighted by Crippen LogP contribution is -2.28. The first kappa shape index (κ1) is 14.7. The molecule has 108 valence electrons. The van der Waals surface area contributed by atoms with Crippen molar-refractivity contribution in [2.45, 2.75) is 19.4 Å². The second kappa shape index (κ2) is 5.73. The van der Waals surface area contributed by atoms with E-state index in [0.29, 0.717) is 16.3 Å². The summed E-state index contributed by atoms with van der Waals surface area (Å²) < 4.78 is 4.85. The summed E-state index contributed by atoms with van der Waals surface area (Å²) in [5.74, 6) is -0.640. The molecule has 1 aromatic rings. The number of aliphatic hydroxyl groups excluding tert-OH is 2. The summed E-state index contributed by atoms with van der Waals surface area (Å²) in [5.41, 5.74) is 1.42. The Balaban J connectivity index is 2.37. The number of esters is 1. The maximum Gasteiger partial charge on any atom is 0.310 e. The lowest BCUT2D eigenvalue weighted by molar-refractivity contribution is -0.142. The third-order valence-corrected chi connectivity index (χ3v) is 3.46. The van der Waals surface area contributed by atoms with E-state index < -0.39 is 12.1 Å². The Morgan fingerprint density at radius 3 is 2.85 bits per heavy atom. The smallest absolute Gasteiger partial charge is 0.310 e. The topological polar surface area (TPSA) is 70.0 Å². The number of aliphatic hydroxyl groups is 2. The van der Waals surface area contributed by atoms with E-state index in [-0.39, 0.29) is 24.5 Å². The van der Waals surface area contributed by atoms with Crippen LogP contribution in [0.4, 0.5) is 5.69 Å². The molecule has 0 aliphatic carbocycles. The standard InChI is InChI=1S/C14H16ClNO4/c1-3-20-12(17)7-10-13(18)9-5-4-8(15)6-11(9)16(2)14(10)19/h4-6,13,18-19H,3,7H2,1-2H3. The molecule has 1 atom stereocenters. The number of ether oxygens (including phenoxy) is 1. The lowest BCUT2D eigenvalue weighted by atomic mass is 9.94. The summed E-state index contributed by atoms with van der Waals surface area (Å²) in [4.78, 5) is 13.0. The van der Waals surface area contributed by atoms with Gasteiger partial charge in [0, 0.05) is 23.2 Å². The van der Waals surface area contributed by atoms with Crippen LogP contribution in [0.3, 0.4) is 0 Å². The van der Waals surface area contributed by atoms with Crippen molar-refractivity contribution in [2.75, 3.05) is 18.6 Å². The molecule has 0 saturated carbocycles. The Kier molecular flexibility index (Phi) is 4.20. The molecule has 0 fully saturated rings. The summed E-state index contributed by atoms with van der Waals surface area (Å²) in [5, 5.41) is 21.0. The minimum Gasteiger partial charge on any atom is -0.494 e. The van der Waals surface area contributed by atoms with Crippen LogP contribution in [-0.4, -0.2) is 29.8 Å². The largest absolute Gasteiger partial charge is 0.494 e. The molecule has 0 spiro atoms. The number of nitrogens with zero attached hydrogens (tertiary/aromatic N) is 1. The number of carbonyl (C=O) groups excluding carboxylic acids is 1. The van der Waals surface area contributed by atoms with Crippen molar-refractivity contribution in [3.8, 4) is 0 Å². The van der Waals surface area contributed by atoms with Gasteiger partial charge < -0.3 is 19.8 Å². The minimum atomic E-state index is -1.05. The normalized spacial score (nSPS) is 18.0. The van der Waals surface area contributed by atoms with E-state index in [4.69, 9.17) is 16.3 Å². The van der Waals surface area contributed by atoms with Crippen LogP contribution in [-0.2, 0) is 9.53 Å². The zero-order valence-corrected chi connectivity index (χ0v) is 12.0. The van der Waals surface area contributed by atoms with E-state index >= 15 is 0 Å². The first-order valence-electron chi connectivity index (χ1n) is 6.24. The summed E-state index contributed by atoms with van der Waals surface area (Å²) >= 11 is 5.92. The molecular weight excluding hydrogens is 282 g/mol. The number of rotatable bonds is 3. The molecule has 5 nitrogen and oxygen atoms in total. The monoisotopic (exact) mass is 297 g/mol. The highest BCUT2D eigenvalue weighted by Gasteiger charge is 2.31. The fraction of sp³-hybridized carbons (Fsp3) is 0.357. The summed E-state index contributed by atoms with van der Waals surface area (Å²) in [6, 6.07) is 4.98. The van der Waals surface area contributed by atoms with E-state index in [1.165, 1.54) is 4.90 Å². The number of fused-ring (bicyclic) bond motifs is 1. The second-order valence-electron chi connectivity index (χ2n) is 4.50. The summed E-state index contributed by atoms with van der Waals surface area (Å²) in [6.45, 7) is 1.96. The van der Waals surface area contributed by atoms with Crippen LogP contribution >= 0.6 is 11.6 Å². The van der Waals surface area contributed by atoms with Crippen LogP contribution in [0.2, 0.25) is 5.02 Å². The van der Waals surface area contributed by atoms with Gasteiger partial charge in [-0.2, -0.15) is 0 Å². The Bertz CT molecular complexity index is 570. The van der Waals surface area contributed by atoms with Gasteiger partial charge in [0.05, 0.1) is 18.7 Å². The van der Waals surface area contributed by atoms with Crippen LogP contribution in [0.15, 0.2) is 29.7 Å². The van der Waals surface area contributed by atoms with Gasteiger partial charge in [-0.1, -0.05) is 17.7 Å².